The SMILES string of the molecule is CCN(CC)S(=O)(=O)c1ccc(C)c(C(=O)N(C)Cc2ccco2)c1. The monoisotopic (exact) mass is 364 g/mol. The predicted octanol–water partition coefficient (Wildman–Crippen LogP) is 2.89. The fourth-order valence-electron chi connectivity index (χ4n) is 2.62. The smallest absolute Gasteiger partial charge is 0.254 e. The van der Waals surface area contributed by atoms with Crippen molar-refractivity contribution in [3.8, 4) is 0 Å². The van der Waals surface area contributed by atoms with E-state index in [0.29, 0.717) is 31.0 Å². The van der Waals surface area contributed by atoms with Gasteiger partial charge in [0.05, 0.1) is 17.7 Å². The van der Waals surface area contributed by atoms with Crippen molar-refractivity contribution >= 4 is 15.9 Å². The van der Waals surface area contributed by atoms with Gasteiger partial charge >= 0.3 is 0 Å². The van der Waals surface area contributed by atoms with Gasteiger partial charge in [-0.3, -0.25) is 4.79 Å². The van der Waals surface area contributed by atoms with Crippen LogP contribution in [0.5, 0.6) is 0 Å². The van der Waals surface area contributed by atoms with Gasteiger partial charge in [-0.25, -0.2) is 8.42 Å². The fourth-order valence-corrected chi connectivity index (χ4v) is 4.10. The second kappa shape index (κ2) is 7.84. The molecule has 0 aliphatic heterocycles. The highest BCUT2D eigenvalue weighted by molar-refractivity contribution is 7.89. The number of aryl methyl sites for hydroxylation is 1. The number of nitrogens with zero attached hydrogens (tertiary/aromatic N) is 2. The van der Waals surface area contributed by atoms with Gasteiger partial charge in [-0.2, -0.15) is 4.31 Å². The Labute approximate surface area is 149 Å². The zero-order chi connectivity index (χ0) is 18.6. The Morgan fingerprint density at radius 1 is 1.16 bits per heavy atom. The summed E-state index contributed by atoms with van der Waals surface area (Å²) in [6.45, 7) is 6.46. The number of benzene rings is 1. The fraction of sp³-hybridized carbons (Fsp3) is 0.389. The molecule has 6 nitrogen and oxygen atoms in total. The Morgan fingerprint density at radius 3 is 2.40 bits per heavy atom. The molecule has 0 unspecified atom stereocenters. The van der Waals surface area contributed by atoms with Gasteiger partial charge < -0.3 is 9.32 Å². The first-order chi connectivity index (χ1) is 11.8. The molecule has 0 saturated heterocycles. The molecule has 25 heavy (non-hydrogen) atoms. The second-order valence-electron chi connectivity index (χ2n) is 5.81. The van der Waals surface area contributed by atoms with Crippen molar-refractivity contribution in [2.75, 3.05) is 20.1 Å². The molecule has 1 aromatic carbocycles. The van der Waals surface area contributed by atoms with Gasteiger partial charge in [0.2, 0.25) is 10.0 Å². The first kappa shape index (κ1) is 19.2. The normalized spacial score (nSPS) is 11.7. The van der Waals surface area contributed by atoms with Crippen LogP contribution in [0.4, 0.5) is 0 Å². The number of hydrogen-bond donors (Lipinski definition) is 0. The highest BCUT2D eigenvalue weighted by Gasteiger charge is 2.24. The van der Waals surface area contributed by atoms with Crippen molar-refractivity contribution in [2.24, 2.45) is 0 Å². The van der Waals surface area contributed by atoms with Crippen LogP contribution in [0.1, 0.15) is 35.5 Å². The summed E-state index contributed by atoms with van der Waals surface area (Å²) in [7, 11) is -1.94. The molecule has 0 aliphatic rings. The molecule has 2 rings (SSSR count). The molecule has 0 atom stereocenters. The van der Waals surface area contributed by atoms with Crippen molar-refractivity contribution in [3.05, 3.63) is 53.5 Å². The number of carbonyl (C=O) groups is 1. The molecule has 1 amide bonds. The van der Waals surface area contributed by atoms with E-state index in [-0.39, 0.29) is 10.8 Å². The van der Waals surface area contributed by atoms with Gasteiger partial charge in [-0.05, 0) is 36.8 Å². The van der Waals surface area contributed by atoms with Gasteiger partial charge in [0.1, 0.15) is 5.76 Å². The number of amides is 1. The third-order valence-corrected chi connectivity index (χ3v) is 6.15. The van der Waals surface area contributed by atoms with Crippen LogP contribution >= 0.6 is 0 Å². The van der Waals surface area contributed by atoms with Crippen LogP contribution in [-0.2, 0) is 16.6 Å². The van der Waals surface area contributed by atoms with Gasteiger partial charge in [0, 0.05) is 25.7 Å². The average Bonchev–Trinajstić information content (AvgIpc) is 3.08. The summed E-state index contributed by atoms with van der Waals surface area (Å²) in [5.41, 5.74) is 1.11. The molecule has 0 bridgehead atoms. The molecular weight excluding hydrogens is 340 g/mol. The third-order valence-electron chi connectivity index (χ3n) is 4.10. The lowest BCUT2D eigenvalue weighted by molar-refractivity contribution is 0.0774. The number of hydrogen-bond acceptors (Lipinski definition) is 4. The molecule has 136 valence electrons. The summed E-state index contributed by atoms with van der Waals surface area (Å²) in [5.74, 6) is 0.422. The molecule has 0 radical (unpaired) electrons. The van der Waals surface area contributed by atoms with Crippen molar-refractivity contribution in [1.82, 2.24) is 9.21 Å². The lowest BCUT2D eigenvalue weighted by Gasteiger charge is -2.21. The average molecular weight is 364 g/mol. The number of carbonyl (C=O) groups excluding carboxylic acids is 1. The first-order valence-corrected chi connectivity index (χ1v) is 9.63. The summed E-state index contributed by atoms with van der Waals surface area (Å²) in [6, 6.07) is 8.23. The van der Waals surface area contributed by atoms with E-state index in [9.17, 15) is 13.2 Å². The van der Waals surface area contributed by atoms with Crippen molar-refractivity contribution < 1.29 is 17.6 Å². The van der Waals surface area contributed by atoms with E-state index in [1.165, 1.54) is 15.3 Å². The molecule has 1 aromatic heterocycles. The van der Waals surface area contributed by atoms with Crippen molar-refractivity contribution in [2.45, 2.75) is 32.2 Å². The van der Waals surface area contributed by atoms with Crippen molar-refractivity contribution in [1.29, 1.82) is 0 Å². The zero-order valence-electron chi connectivity index (χ0n) is 15.0. The Bertz CT molecular complexity index is 825. The Balaban J connectivity index is 2.34. The van der Waals surface area contributed by atoms with E-state index in [0.717, 1.165) is 5.56 Å². The standard InChI is InChI=1S/C18H24N2O4S/c1-5-20(6-2)25(22,23)16-10-9-14(3)17(12-16)18(21)19(4)13-15-8-7-11-24-15/h7-12H,5-6,13H2,1-4H3. The topological polar surface area (TPSA) is 70.8 Å². The molecule has 0 fully saturated rings. The van der Waals surface area contributed by atoms with Crippen LogP contribution in [-0.4, -0.2) is 43.7 Å². The minimum atomic E-state index is -3.61. The molecule has 1 heterocycles. The minimum Gasteiger partial charge on any atom is -0.467 e. The van der Waals surface area contributed by atoms with Gasteiger partial charge in [0.25, 0.3) is 5.91 Å². The molecule has 7 heteroatoms. The van der Waals surface area contributed by atoms with Gasteiger partial charge in [-0.1, -0.05) is 19.9 Å². The summed E-state index contributed by atoms with van der Waals surface area (Å²) in [5, 5.41) is 0. The first-order valence-electron chi connectivity index (χ1n) is 8.19. The van der Waals surface area contributed by atoms with Crippen LogP contribution in [0.15, 0.2) is 45.9 Å². The molecule has 0 N–H and O–H groups in total. The Morgan fingerprint density at radius 2 is 1.84 bits per heavy atom. The van der Waals surface area contributed by atoms with Crippen LogP contribution < -0.4 is 0 Å². The molecule has 2 aromatic rings. The largest absolute Gasteiger partial charge is 0.467 e. The van der Waals surface area contributed by atoms with Crippen molar-refractivity contribution in [3.63, 3.8) is 0 Å². The van der Waals surface area contributed by atoms with Gasteiger partial charge in [0.15, 0.2) is 0 Å². The zero-order valence-corrected chi connectivity index (χ0v) is 15.8. The van der Waals surface area contributed by atoms with E-state index in [1.54, 1.807) is 58.3 Å². The maximum Gasteiger partial charge on any atom is 0.254 e. The highest BCUT2D eigenvalue weighted by atomic mass is 32.2. The summed E-state index contributed by atoms with van der Waals surface area (Å²) in [4.78, 5) is 14.4. The van der Waals surface area contributed by atoms with E-state index < -0.39 is 10.0 Å². The lowest BCUT2D eigenvalue weighted by Crippen LogP contribution is -2.31. The minimum absolute atomic E-state index is 0.136. The maximum absolute atomic E-state index is 12.8. The van der Waals surface area contributed by atoms with E-state index in [1.807, 2.05) is 0 Å². The maximum atomic E-state index is 12.8. The number of furan rings is 1. The van der Waals surface area contributed by atoms with E-state index in [4.69, 9.17) is 4.42 Å². The predicted molar refractivity (Wildman–Crippen MR) is 95.8 cm³/mol. The molecule has 0 saturated carbocycles. The summed E-state index contributed by atoms with van der Waals surface area (Å²) >= 11 is 0. The molecule has 0 aliphatic carbocycles. The third kappa shape index (κ3) is 4.11. The molecule has 0 spiro atoms. The second-order valence-corrected chi connectivity index (χ2v) is 7.74. The lowest BCUT2D eigenvalue weighted by atomic mass is 10.1. The Kier molecular flexibility index (Phi) is 6.02. The summed E-state index contributed by atoms with van der Waals surface area (Å²) < 4.78 is 32.0. The highest BCUT2D eigenvalue weighted by Crippen LogP contribution is 2.21. The van der Waals surface area contributed by atoms with E-state index >= 15 is 0 Å². The van der Waals surface area contributed by atoms with Crippen LogP contribution in [0, 0.1) is 6.92 Å². The van der Waals surface area contributed by atoms with Crippen LogP contribution in [0.25, 0.3) is 0 Å². The van der Waals surface area contributed by atoms with Crippen LogP contribution in [0.2, 0.25) is 0 Å². The molecular formula is C18H24N2O4S. The van der Waals surface area contributed by atoms with E-state index in [2.05, 4.69) is 0 Å². The number of rotatable bonds is 7. The van der Waals surface area contributed by atoms with Gasteiger partial charge in [-0.15, -0.1) is 0 Å². The Hall–Kier alpha value is -2.12. The quantitative estimate of drug-likeness (QED) is 0.757. The van der Waals surface area contributed by atoms with Crippen LogP contribution in [0.3, 0.4) is 0 Å². The number of sulfonamides is 1. The summed E-state index contributed by atoms with van der Waals surface area (Å²) in [6.07, 6.45) is 1.55.